The van der Waals surface area contributed by atoms with Gasteiger partial charge in [0.2, 0.25) is 0 Å². The lowest BCUT2D eigenvalue weighted by molar-refractivity contribution is 0.170. The zero-order chi connectivity index (χ0) is 18.1. The maximum atomic E-state index is 4.07. The number of hydrogen-bond acceptors (Lipinski definition) is 1. The Labute approximate surface area is 156 Å². The van der Waals surface area contributed by atoms with Crippen LogP contribution in [-0.2, 0) is 0 Å². The van der Waals surface area contributed by atoms with Crippen molar-refractivity contribution in [1.29, 1.82) is 0 Å². The van der Waals surface area contributed by atoms with E-state index in [1.807, 2.05) is 0 Å². The molecule has 1 saturated carbocycles. The summed E-state index contributed by atoms with van der Waals surface area (Å²) < 4.78 is 0. The monoisotopic (exact) mass is 343 g/mol. The third kappa shape index (κ3) is 3.86. The Balaban J connectivity index is 1.91. The van der Waals surface area contributed by atoms with E-state index in [0.717, 1.165) is 41.4 Å². The number of fused-ring (bicyclic) bond motifs is 2. The van der Waals surface area contributed by atoms with Crippen LogP contribution in [0.25, 0.3) is 0 Å². The Morgan fingerprint density at radius 1 is 1.04 bits per heavy atom. The highest BCUT2D eigenvalue weighted by molar-refractivity contribution is 5.37. The van der Waals surface area contributed by atoms with Crippen LogP contribution in [0.5, 0.6) is 0 Å². The van der Waals surface area contributed by atoms with Gasteiger partial charge in [0.05, 0.1) is 0 Å². The van der Waals surface area contributed by atoms with E-state index in [4.69, 9.17) is 0 Å². The average molecular weight is 344 g/mol. The highest BCUT2D eigenvalue weighted by Crippen LogP contribution is 2.48. The molecule has 0 radical (unpaired) electrons. The summed E-state index contributed by atoms with van der Waals surface area (Å²) in [5.74, 6) is 5.58. The lowest BCUT2D eigenvalue weighted by Gasteiger charge is -2.47. The fourth-order valence-electron chi connectivity index (χ4n) is 5.73. The second-order valence-corrected chi connectivity index (χ2v) is 9.92. The molecule has 3 aliphatic rings. The molecule has 0 aromatic heterocycles. The summed E-state index contributed by atoms with van der Waals surface area (Å²) in [5, 5.41) is 4.07. The van der Waals surface area contributed by atoms with Crippen LogP contribution in [-0.4, -0.2) is 6.04 Å². The van der Waals surface area contributed by atoms with Crippen molar-refractivity contribution in [3.05, 3.63) is 23.4 Å². The van der Waals surface area contributed by atoms with Crippen LogP contribution in [0.3, 0.4) is 0 Å². The van der Waals surface area contributed by atoms with Gasteiger partial charge in [-0.1, -0.05) is 66.5 Å². The number of rotatable bonds is 5. The molecule has 0 aromatic rings. The number of hydrogen-bond donors (Lipinski definition) is 1. The smallest absolute Gasteiger partial charge is 0.0287 e. The molecular formula is C24H41N. The molecule has 2 aliphatic carbocycles. The highest BCUT2D eigenvalue weighted by Gasteiger charge is 2.41. The zero-order valence-corrected chi connectivity index (χ0v) is 17.5. The molecule has 0 saturated heterocycles. The van der Waals surface area contributed by atoms with E-state index in [1.165, 1.54) is 38.5 Å². The molecule has 0 bridgehead atoms. The van der Waals surface area contributed by atoms with Gasteiger partial charge in [0.25, 0.3) is 0 Å². The first kappa shape index (κ1) is 19.1. The zero-order valence-electron chi connectivity index (χ0n) is 17.5. The van der Waals surface area contributed by atoms with E-state index < -0.39 is 0 Å². The third-order valence-corrected chi connectivity index (χ3v) is 7.58. The molecule has 1 aliphatic heterocycles. The fourth-order valence-corrected chi connectivity index (χ4v) is 5.73. The van der Waals surface area contributed by atoms with Gasteiger partial charge in [-0.15, -0.1) is 0 Å². The average Bonchev–Trinajstić information content (AvgIpc) is 2.60. The summed E-state index contributed by atoms with van der Waals surface area (Å²) in [5.41, 5.74) is 3.35. The molecule has 3 rings (SSSR count). The molecule has 6 atom stereocenters. The fraction of sp³-hybridized carbons (Fsp3) is 0.833. The first-order valence-corrected chi connectivity index (χ1v) is 11.1. The molecule has 0 spiro atoms. The summed E-state index contributed by atoms with van der Waals surface area (Å²) in [6, 6.07) is 0.662. The van der Waals surface area contributed by atoms with Gasteiger partial charge in [0.1, 0.15) is 0 Å². The van der Waals surface area contributed by atoms with Gasteiger partial charge in [-0.2, -0.15) is 0 Å². The van der Waals surface area contributed by atoms with Crippen LogP contribution in [0.15, 0.2) is 23.4 Å². The van der Waals surface area contributed by atoms with Crippen LogP contribution in [0.1, 0.15) is 80.1 Å². The van der Waals surface area contributed by atoms with Gasteiger partial charge in [-0.25, -0.2) is 0 Å². The Morgan fingerprint density at radius 2 is 1.80 bits per heavy atom. The van der Waals surface area contributed by atoms with Gasteiger partial charge in [-0.05, 0) is 66.8 Å². The van der Waals surface area contributed by atoms with E-state index in [-0.39, 0.29) is 0 Å². The van der Waals surface area contributed by atoms with Crippen molar-refractivity contribution in [3.8, 4) is 0 Å². The third-order valence-electron chi connectivity index (χ3n) is 7.58. The first-order valence-electron chi connectivity index (χ1n) is 11.1. The standard InChI is InChI=1S/C24H41N/c1-7-8-17(6)21-14-23(16(4)5)25-24-20(21)12-11-18-9-10-19(15(2)3)13-22(18)24/h11-12,15-19,21-23,25H,7-10,13-14H2,1-6H3/t17?,18-,19?,21?,22?,23?/m0/s1. The summed E-state index contributed by atoms with van der Waals surface area (Å²) in [6.07, 6.45) is 13.3. The van der Waals surface area contributed by atoms with Crippen LogP contribution in [0, 0.1) is 41.4 Å². The molecule has 1 nitrogen and oxygen atoms in total. The van der Waals surface area contributed by atoms with Crippen molar-refractivity contribution in [2.45, 2.75) is 86.1 Å². The van der Waals surface area contributed by atoms with Gasteiger partial charge < -0.3 is 5.32 Å². The molecule has 1 heterocycles. The number of allylic oxidation sites excluding steroid dienone is 4. The minimum absolute atomic E-state index is 0.662. The highest BCUT2D eigenvalue weighted by atomic mass is 15.0. The Kier molecular flexibility index (Phi) is 6.01. The maximum absolute atomic E-state index is 4.07. The molecule has 1 heteroatoms. The molecular weight excluding hydrogens is 302 g/mol. The van der Waals surface area contributed by atoms with Crippen molar-refractivity contribution < 1.29 is 0 Å². The second kappa shape index (κ2) is 7.89. The van der Waals surface area contributed by atoms with Gasteiger partial charge in [-0.3, -0.25) is 0 Å². The predicted octanol–water partition coefficient (Wildman–Crippen LogP) is 6.57. The van der Waals surface area contributed by atoms with Crippen molar-refractivity contribution in [2.24, 2.45) is 41.4 Å². The Morgan fingerprint density at radius 3 is 2.44 bits per heavy atom. The molecule has 1 N–H and O–H groups in total. The van der Waals surface area contributed by atoms with E-state index in [9.17, 15) is 0 Å². The van der Waals surface area contributed by atoms with Crippen molar-refractivity contribution >= 4 is 0 Å². The largest absolute Gasteiger partial charge is 0.385 e. The summed E-state index contributed by atoms with van der Waals surface area (Å²) >= 11 is 0. The van der Waals surface area contributed by atoms with Gasteiger partial charge >= 0.3 is 0 Å². The summed E-state index contributed by atoms with van der Waals surface area (Å²) in [7, 11) is 0. The van der Waals surface area contributed by atoms with E-state index in [1.54, 1.807) is 11.3 Å². The minimum Gasteiger partial charge on any atom is -0.385 e. The van der Waals surface area contributed by atoms with Crippen LogP contribution in [0.2, 0.25) is 0 Å². The van der Waals surface area contributed by atoms with E-state index in [2.05, 4.69) is 59.0 Å². The molecule has 0 aromatic carbocycles. The first-order chi connectivity index (χ1) is 11.9. The quantitative estimate of drug-likeness (QED) is 0.595. The summed E-state index contributed by atoms with van der Waals surface area (Å²) in [6.45, 7) is 14.5. The molecule has 1 fully saturated rings. The number of nitrogens with one attached hydrogen (secondary N) is 1. The van der Waals surface area contributed by atoms with Gasteiger partial charge in [0.15, 0.2) is 0 Å². The topological polar surface area (TPSA) is 12.0 Å². The Bertz CT molecular complexity index is 512. The van der Waals surface area contributed by atoms with Crippen molar-refractivity contribution in [2.75, 3.05) is 0 Å². The maximum Gasteiger partial charge on any atom is 0.0287 e. The van der Waals surface area contributed by atoms with E-state index >= 15 is 0 Å². The molecule has 0 amide bonds. The van der Waals surface area contributed by atoms with Crippen molar-refractivity contribution in [1.82, 2.24) is 5.32 Å². The predicted molar refractivity (Wildman–Crippen MR) is 109 cm³/mol. The summed E-state index contributed by atoms with van der Waals surface area (Å²) in [4.78, 5) is 0. The molecule has 5 unspecified atom stereocenters. The Hall–Kier alpha value is -0.720. The van der Waals surface area contributed by atoms with E-state index in [0.29, 0.717) is 6.04 Å². The van der Waals surface area contributed by atoms with Gasteiger partial charge in [0, 0.05) is 17.7 Å². The minimum atomic E-state index is 0.662. The van der Waals surface area contributed by atoms with Crippen LogP contribution < -0.4 is 5.32 Å². The lowest BCUT2D eigenvalue weighted by atomic mass is 9.63. The molecule has 142 valence electrons. The molecule has 25 heavy (non-hydrogen) atoms. The lowest BCUT2D eigenvalue weighted by Crippen LogP contribution is -2.47. The SMILES string of the molecule is CCCC(C)C1CC(C(C)C)NC2=C1C=C[C@@H]1CCC(C(C)C)CC21. The normalized spacial score (nSPS) is 36.2. The second-order valence-electron chi connectivity index (χ2n) is 9.92. The van der Waals surface area contributed by atoms with Crippen molar-refractivity contribution in [3.63, 3.8) is 0 Å². The van der Waals surface area contributed by atoms with Crippen LogP contribution in [0.4, 0.5) is 0 Å². The van der Waals surface area contributed by atoms with Crippen LogP contribution >= 0.6 is 0 Å².